The third-order valence-electron chi connectivity index (χ3n) is 3.02. The minimum absolute atomic E-state index is 0.276. The minimum atomic E-state index is -4.36. The summed E-state index contributed by atoms with van der Waals surface area (Å²) in [5.41, 5.74) is -0.293. The molecule has 0 aliphatic rings. The molecule has 19 heavy (non-hydrogen) atoms. The lowest BCUT2D eigenvalue weighted by atomic mass is 10.2. The molecular weight excluding hydrogens is 257 g/mol. The maximum Gasteiger partial charge on any atom is 0.417 e. The van der Waals surface area contributed by atoms with E-state index in [2.05, 4.69) is 15.5 Å². The van der Waals surface area contributed by atoms with Gasteiger partial charge in [0.2, 0.25) is 0 Å². The van der Waals surface area contributed by atoms with Crippen molar-refractivity contribution in [2.45, 2.75) is 39.0 Å². The predicted molar refractivity (Wildman–Crippen MR) is 64.6 cm³/mol. The van der Waals surface area contributed by atoms with Gasteiger partial charge in [0.25, 0.3) is 0 Å². The van der Waals surface area contributed by atoms with Crippen LogP contribution in [-0.2, 0) is 12.7 Å². The molecule has 0 spiro atoms. The minimum Gasteiger partial charge on any atom is -0.307 e. The van der Waals surface area contributed by atoms with E-state index in [0.717, 1.165) is 18.7 Å². The number of hydrogen-bond acceptors (Lipinski definition) is 3. The second-order valence-electron chi connectivity index (χ2n) is 4.45. The topological polar surface area (TPSA) is 42.2 Å². The first kappa shape index (κ1) is 13.8. The molecule has 0 saturated carbocycles. The predicted octanol–water partition coefficient (Wildman–Crippen LogP) is 2.64. The van der Waals surface area contributed by atoms with E-state index in [1.807, 2.05) is 13.8 Å². The van der Waals surface area contributed by atoms with Crippen molar-refractivity contribution in [3.05, 3.63) is 29.7 Å². The normalized spacial score (nSPS) is 13.9. The highest BCUT2D eigenvalue weighted by atomic mass is 19.4. The number of alkyl halides is 3. The van der Waals surface area contributed by atoms with E-state index < -0.39 is 11.7 Å². The molecule has 0 aliphatic heterocycles. The molecule has 0 aliphatic carbocycles. The molecule has 0 aromatic carbocycles. The largest absolute Gasteiger partial charge is 0.417 e. The summed E-state index contributed by atoms with van der Waals surface area (Å²) in [6.45, 7) is 4.42. The van der Waals surface area contributed by atoms with Crippen LogP contribution in [0.25, 0.3) is 5.65 Å². The third kappa shape index (κ3) is 3.04. The van der Waals surface area contributed by atoms with Crippen LogP contribution in [0.15, 0.2) is 18.3 Å². The number of aromatic nitrogens is 3. The maximum absolute atomic E-state index is 12.7. The van der Waals surface area contributed by atoms with Gasteiger partial charge in [0.15, 0.2) is 11.5 Å². The molecule has 0 bridgehead atoms. The Morgan fingerprint density at radius 3 is 2.68 bits per heavy atom. The molecule has 2 heterocycles. The van der Waals surface area contributed by atoms with E-state index in [4.69, 9.17) is 0 Å². The highest BCUT2D eigenvalue weighted by molar-refractivity contribution is 5.40. The molecule has 2 aromatic heterocycles. The first-order valence-corrected chi connectivity index (χ1v) is 6.06. The molecular formula is C12H15F3N4. The summed E-state index contributed by atoms with van der Waals surface area (Å²) in [6.07, 6.45) is -2.40. The molecule has 0 amide bonds. The van der Waals surface area contributed by atoms with Gasteiger partial charge >= 0.3 is 6.18 Å². The molecule has 1 N–H and O–H groups in total. The first-order chi connectivity index (χ1) is 8.91. The van der Waals surface area contributed by atoms with Gasteiger partial charge in [0, 0.05) is 12.2 Å². The number of pyridine rings is 1. The van der Waals surface area contributed by atoms with Gasteiger partial charge in [-0.05, 0) is 25.5 Å². The van der Waals surface area contributed by atoms with Crippen LogP contribution in [0.2, 0.25) is 0 Å². The average Bonchev–Trinajstić information content (AvgIpc) is 2.77. The van der Waals surface area contributed by atoms with Crippen molar-refractivity contribution in [2.24, 2.45) is 0 Å². The van der Waals surface area contributed by atoms with E-state index in [1.165, 1.54) is 10.5 Å². The lowest BCUT2D eigenvalue weighted by molar-refractivity contribution is -0.137. The molecule has 1 unspecified atom stereocenters. The number of fused-ring (bicyclic) bond motifs is 1. The lowest BCUT2D eigenvalue weighted by Crippen LogP contribution is -2.25. The van der Waals surface area contributed by atoms with Crippen molar-refractivity contribution in [1.82, 2.24) is 19.9 Å². The quantitative estimate of drug-likeness (QED) is 0.930. The number of hydrogen-bond donors (Lipinski definition) is 1. The van der Waals surface area contributed by atoms with E-state index >= 15 is 0 Å². The molecule has 2 aromatic rings. The van der Waals surface area contributed by atoms with Crippen molar-refractivity contribution >= 4 is 5.65 Å². The Labute approximate surface area is 108 Å². The van der Waals surface area contributed by atoms with Gasteiger partial charge < -0.3 is 5.32 Å². The molecule has 0 radical (unpaired) electrons. The summed E-state index contributed by atoms with van der Waals surface area (Å²) in [6, 6.07) is 2.61. The van der Waals surface area contributed by atoms with Gasteiger partial charge in [-0.25, -0.2) is 0 Å². The van der Waals surface area contributed by atoms with Crippen LogP contribution in [0.4, 0.5) is 13.2 Å². The summed E-state index contributed by atoms with van der Waals surface area (Å²) in [7, 11) is 0. The van der Waals surface area contributed by atoms with Gasteiger partial charge in [0.1, 0.15) is 0 Å². The fraction of sp³-hybridized carbons (Fsp3) is 0.500. The van der Waals surface area contributed by atoms with Crippen LogP contribution in [-0.4, -0.2) is 20.6 Å². The molecule has 0 fully saturated rings. The summed E-state index contributed by atoms with van der Waals surface area (Å²) < 4.78 is 39.3. The second-order valence-corrected chi connectivity index (χ2v) is 4.45. The summed E-state index contributed by atoms with van der Waals surface area (Å²) >= 11 is 0. The number of halogens is 3. The summed E-state index contributed by atoms with van der Waals surface area (Å²) in [4.78, 5) is 0. The zero-order valence-corrected chi connectivity index (χ0v) is 10.7. The van der Waals surface area contributed by atoms with Gasteiger partial charge in [-0.2, -0.15) is 13.2 Å². The first-order valence-electron chi connectivity index (χ1n) is 6.06. The second kappa shape index (κ2) is 5.16. The smallest absolute Gasteiger partial charge is 0.307 e. The lowest BCUT2D eigenvalue weighted by Gasteiger charge is -2.10. The van der Waals surface area contributed by atoms with Gasteiger partial charge in [-0.3, -0.25) is 4.40 Å². The van der Waals surface area contributed by atoms with Crippen LogP contribution in [0.3, 0.4) is 0 Å². The Morgan fingerprint density at radius 2 is 2.05 bits per heavy atom. The van der Waals surface area contributed by atoms with Gasteiger partial charge in [-0.15, -0.1) is 10.2 Å². The van der Waals surface area contributed by atoms with E-state index in [1.54, 1.807) is 0 Å². The van der Waals surface area contributed by atoms with Gasteiger partial charge in [0.05, 0.1) is 12.1 Å². The highest BCUT2D eigenvalue weighted by Gasteiger charge is 2.31. The Bertz CT molecular complexity index is 562. The van der Waals surface area contributed by atoms with Crippen molar-refractivity contribution in [2.75, 3.05) is 0 Å². The van der Waals surface area contributed by atoms with Crippen molar-refractivity contribution < 1.29 is 13.2 Å². The Hall–Kier alpha value is -1.63. The highest BCUT2D eigenvalue weighted by Crippen LogP contribution is 2.29. The molecule has 7 heteroatoms. The van der Waals surface area contributed by atoms with Crippen LogP contribution < -0.4 is 5.32 Å². The van der Waals surface area contributed by atoms with Crippen molar-refractivity contribution in [3.8, 4) is 0 Å². The molecule has 1 atom stereocenters. The van der Waals surface area contributed by atoms with E-state index in [9.17, 15) is 13.2 Å². The van der Waals surface area contributed by atoms with E-state index in [0.29, 0.717) is 18.0 Å². The molecule has 2 rings (SSSR count). The standard InChI is InChI=1S/C12H15F3N4/c1-3-8(2)16-6-11-18-17-10-5-4-9(7-19(10)11)12(13,14)15/h4-5,7-8,16H,3,6H2,1-2H3. The SMILES string of the molecule is CCC(C)NCc1nnc2ccc(C(F)(F)F)cn12. The molecule has 0 saturated heterocycles. The Morgan fingerprint density at radius 1 is 1.32 bits per heavy atom. The molecule has 4 nitrogen and oxygen atoms in total. The number of nitrogens with zero attached hydrogens (tertiary/aromatic N) is 3. The Kier molecular flexibility index (Phi) is 3.75. The zero-order valence-electron chi connectivity index (χ0n) is 10.7. The van der Waals surface area contributed by atoms with Crippen LogP contribution in [0, 0.1) is 0 Å². The number of nitrogens with one attached hydrogen (secondary N) is 1. The van der Waals surface area contributed by atoms with Gasteiger partial charge in [-0.1, -0.05) is 6.92 Å². The van der Waals surface area contributed by atoms with Crippen molar-refractivity contribution in [3.63, 3.8) is 0 Å². The third-order valence-corrected chi connectivity index (χ3v) is 3.02. The van der Waals surface area contributed by atoms with Crippen molar-refractivity contribution in [1.29, 1.82) is 0 Å². The Balaban J connectivity index is 2.30. The van der Waals surface area contributed by atoms with Crippen LogP contribution >= 0.6 is 0 Å². The van der Waals surface area contributed by atoms with Crippen LogP contribution in [0.1, 0.15) is 31.7 Å². The average molecular weight is 272 g/mol. The maximum atomic E-state index is 12.7. The summed E-state index contributed by atoms with van der Waals surface area (Å²) in [5, 5.41) is 10.9. The summed E-state index contributed by atoms with van der Waals surface area (Å²) in [5.74, 6) is 0.474. The molecule has 104 valence electrons. The fourth-order valence-corrected chi connectivity index (χ4v) is 1.64. The zero-order chi connectivity index (χ0) is 14.0. The fourth-order valence-electron chi connectivity index (χ4n) is 1.64. The van der Waals surface area contributed by atoms with Crippen LogP contribution in [0.5, 0.6) is 0 Å². The van der Waals surface area contributed by atoms with E-state index in [-0.39, 0.29) is 6.04 Å². The monoisotopic (exact) mass is 272 g/mol. The number of rotatable bonds is 4.